The van der Waals surface area contributed by atoms with E-state index in [-0.39, 0.29) is 24.4 Å². The number of halogens is 1. The summed E-state index contributed by atoms with van der Waals surface area (Å²) in [4.78, 5) is 2.03. The lowest BCUT2D eigenvalue weighted by Gasteiger charge is -2.41. The van der Waals surface area contributed by atoms with E-state index in [9.17, 15) is 4.39 Å². The van der Waals surface area contributed by atoms with E-state index in [1.54, 1.807) is 0 Å². The zero-order valence-electron chi connectivity index (χ0n) is 15.0. The molecule has 2 aliphatic rings. The molecule has 1 saturated heterocycles. The highest BCUT2D eigenvalue weighted by atomic mass is 19.1. The fourth-order valence-electron chi connectivity index (χ4n) is 3.28. The second-order valence-electron chi connectivity index (χ2n) is 7.76. The maximum atomic E-state index is 14.2. The number of nitrogens with zero attached hydrogens (tertiary/aromatic N) is 1. The molecule has 0 aromatic carbocycles. The summed E-state index contributed by atoms with van der Waals surface area (Å²) in [7, 11) is 0. The van der Waals surface area contributed by atoms with Gasteiger partial charge in [0.05, 0.1) is 18.9 Å². The third-order valence-electron chi connectivity index (χ3n) is 4.72. The third kappa shape index (κ3) is 6.27. The molecule has 2 rings (SSSR count). The molecule has 23 heavy (non-hydrogen) atoms. The van der Waals surface area contributed by atoms with Crippen molar-refractivity contribution in [3.05, 3.63) is 0 Å². The maximum absolute atomic E-state index is 14.2. The molecule has 0 spiro atoms. The highest BCUT2D eigenvalue weighted by molar-refractivity contribution is 4.90. The van der Waals surface area contributed by atoms with Gasteiger partial charge >= 0.3 is 0 Å². The zero-order chi connectivity index (χ0) is 16.9. The van der Waals surface area contributed by atoms with Gasteiger partial charge in [-0.25, -0.2) is 9.29 Å². The van der Waals surface area contributed by atoms with Crippen LogP contribution in [0.1, 0.15) is 47.0 Å². The summed E-state index contributed by atoms with van der Waals surface area (Å²) in [5, 5.41) is 3.49. The number of ether oxygens (including phenoxy) is 3. The Balaban J connectivity index is 1.73. The first kappa shape index (κ1) is 19.1. The summed E-state index contributed by atoms with van der Waals surface area (Å²) < 4.78 is 31.1. The molecule has 6 heteroatoms. The Bertz CT molecular complexity index is 351. The van der Waals surface area contributed by atoms with Crippen LogP contribution in [-0.2, 0) is 14.2 Å². The molecular formula is C17H33FN2O3. The van der Waals surface area contributed by atoms with Gasteiger partial charge in [-0.05, 0) is 45.4 Å². The Kier molecular flexibility index (Phi) is 7.22. The molecule has 1 saturated carbocycles. The summed E-state index contributed by atoms with van der Waals surface area (Å²) in [5.41, 5.74) is -0.202. The van der Waals surface area contributed by atoms with Crippen LogP contribution in [0.5, 0.6) is 0 Å². The Morgan fingerprint density at radius 3 is 2.78 bits per heavy atom. The van der Waals surface area contributed by atoms with Crippen LogP contribution in [0.2, 0.25) is 0 Å². The Hall–Kier alpha value is -0.270. The van der Waals surface area contributed by atoms with Crippen molar-refractivity contribution >= 4 is 0 Å². The smallest absolute Gasteiger partial charge is 0.149 e. The van der Waals surface area contributed by atoms with Crippen molar-refractivity contribution in [2.45, 2.75) is 64.8 Å². The summed E-state index contributed by atoms with van der Waals surface area (Å²) in [6, 6.07) is 0.196. The van der Waals surface area contributed by atoms with Gasteiger partial charge in [0.25, 0.3) is 0 Å². The van der Waals surface area contributed by atoms with Crippen LogP contribution in [0.15, 0.2) is 0 Å². The Labute approximate surface area is 139 Å². The molecule has 136 valence electrons. The van der Waals surface area contributed by atoms with Crippen molar-refractivity contribution in [2.75, 3.05) is 33.5 Å². The molecule has 0 aromatic rings. The van der Waals surface area contributed by atoms with Crippen molar-refractivity contribution in [1.29, 1.82) is 0 Å². The van der Waals surface area contributed by atoms with Crippen molar-refractivity contribution in [3.63, 3.8) is 0 Å². The summed E-state index contributed by atoms with van der Waals surface area (Å²) >= 11 is 0. The highest BCUT2D eigenvalue weighted by Gasteiger charge is 2.37. The fourth-order valence-corrected chi connectivity index (χ4v) is 3.28. The number of nitrogens with one attached hydrogen (secondary N) is 1. The van der Waals surface area contributed by atoms with E-state index in [0.29, 0.717) is 39.1 Å². The minimum absolute atomic E-state index is 0.190. The largest absolute Gasteiger partial charge is 0.366 e. The Morgan fingerprint density at radius 1 is 1.30 bits per heavy atom. The van der Waals surface area contributed by atoms with Crippen LogP contribution < -0.4 is 5.32 Å². The highest BCUT2D eigenvalue weighted by Crippen LogP contribution is 2.34. The zero-order valence-corrected chi connectivity index (χ0v) is 15.0. The standard InChI is InChI=1S/C17H33FN2O3/c1-5-13-6-14-8-21-10-20(9-19-16(14)7-15(13)18)11-22-12-23-17(2,3)4/h13-16,19H,5-12H2,1-4H3. The molecule has 2 fully saturated rings. The topological polar surface area (TPSA) is 43.0 Å². The van der Waals surface area contributed by atoms with Crippen LogP contribution >= 0.6 is 0 Å². The van der Waals surface area contributed by atoms with Crippen molar-refractivity contribution in [2.24, 2.45) is 11.8 Å². The molecule has 4 atom stereocenters. The quantitative estimate of drug-likeness (QED) is 0.619. The van der Waals surface area contributed by atoms with Gasteiger partial charge in [-0.3, -0.25) is 0 Å². The normalized spacial score (nSPS) is 33.8. The molecule has 1 aliphatic carbocycles. The second kappa shape index (κ2) is 8.72. The summed E-state index contributed by atoms with van der Waals surface area (Å²) in [5.74, 6) is 0.606. The fraction of sp³-hybridized carbons (Fsp3) is 1.00. The van der Waals surface area contributed by atoms with E-state index in [2.05, 4.69) is 12.2 Å². The molecule has 1 heterocycles. The predicted octanol–water partition coefficient (Wildman–Crippen LogP) is 2.71. The van der Waals surface area contributed by atoms with Gasteiger partial charge in [-0.1, -0.05) is 13.3 Å². The number of hydrogen-bond acceptors (Lipinski definition) is 5. The van der Waals surface area contributed by atoms with Crippen molar-refractivity contribution < 1.29 is 18.6 Å². The lowest BCUT2D eigenvalue weighted by atomic mass is 9.76. The molecule has 1 N–H and O–H groups in total. The minimum atomic E-state index is -0.696. The van der Waals surface area contributed by atoms with Crippen LogP contribution in [0.3, 0.4) is 0 Å². The molecule has 0 amide bonds. The van der Waals surface area contributed by atoms with Gasteiger partial charge in [-0.15, -0.1) is 0 Å². The lowest BCUT2D eigenvalue weighted by molar-refractivity contribution is -0.158. The number of fused-ring (bicyclic) bond motifs is 1. The first-order chi connectivity index (χ1) is 10.9. The second-order valence-corrected chi connectivity index (χ2v) is 7.76. The van der Waals surface area contributed by atoms with Gasteiger partial charge in [0.15, 0.2) is 0 Å². The van der Waals surface area contributed by atoms with E-state index in [4.69, 9.17) is 14.2 Å². The van der Waals surface area contributed by atoms with E-state index in [0.717, 1.165) is 12.8 Å². The van der Waals surface area contributed by atoms with Gasteiger partial charge in [-0.2, -0.15) is 0 Å². The minimum Gasteiger partial charge on any atom is -0.366 e. The summed E-state index contributed by atoms with van der Waals surface area (Å²) in [6.45, 7) is 10.6. The van der Waals surface area contributed by atoms with E-state index < -0.39 is 6.17 Å². The molecule has 1 aliphatic heterocycles. The Morgan fingerprint density at radius 2 is 2.09 bits per heavy atom. The van der Waals surface area contributed by atoms with E-state index in [1.807, 2.05) is 25.7 Å². The van der Waals surface area contributed by atoms with Gasteiger partial charge in [0.2, 0.25) is 0 Å². The third-order valence-corrected chi connectivity index (χ3v) is 4.72. The maximum Gasteiger partial charge on any atom is 0.149 e. The van der Waals surface area contributed by atoms with Gasteiger partial charge in [0, 0.05) is 6.04 Å². The molecule has 0 aromatic heterocycles. The van der Waals surface area contributed by atoms with Gasteiger partial charge < -0.3 is 19.5 Å². The van der Waals surface area contributed by atoms with Crippen LogP contribution in [0.25, 0.3) is 0 Å². The molecule has 4 unspecified atom stereocenters. The average molecular weight is 332 g/mol. The molecule has 0 radical (unpaired) electrons. The number of alkyl halides is 1. The SMILES string of the molecule is CCC1CC2COCN(COCOC(C)(C)C)CNC2CC1F. The molecular weight excluding hydrogens is 299 g/mol. The first-order valence-electron chi connectivity index (χ1n) is 8.78. The lowest BCUT2D eigenvalue weighted by Crippen LogP contribution is -2.52. The first-order valence-corrected chi connectivity index (χ1v) is 8.78. The number of rotatable bonds is 5. The van der Waals surface area contributed by atoms with Crippen molar-refractivity contribution in [1.82, 2.24) is 10.2 Å². The van der Waals surface area contributed by atoms with Crippen LogP contribution in [-0.4, -0.2) is 56.2 Å². The van der Waals surface area contributed by atoms with Crippen molar-refractivity contribution in [3.8, 4) is 0 Å². The average Bonchev–Trinajstić information content (AvgIpc) is 2.46. The van der Waals surface area contributed by atoms with Crippen LogP contribution in [0, 0.1) is 11.8 Å². The van der Waals surface area contributed by atoms with E-state index >= 15 is 0 Å². The predicted molar refractivity (Wildman–Crippen MR) is 87.5 cm³/mol. The molecule has 0 bridgehead atoms. The van der Waals surface area contributed by atoms with Gasteiger partial charge in [0.1, 0.15) is 26.4 Å². The van der Waals surface area contributed by atoms with Crippen LogP contribution in [0.4, 0.5) is 4.39 Å². The number of hydrogen-bond donors (Lipinski definition) is 1. The molecule has 5 nitrogen and oxygen atoms in total. The van der Waals surface area contributed by atoms with E-state index in [1.165, 1.54) is 0 Å². The monoisotopic (exact) mass is 332 g/mol. The summed E-state index contributed by atoms with van der Waals surface area (Å²) in [6.07, 6.45) is 1.73.